The van der Waals surface area contributed by atoms with Crippen molar-refractivity contribution in [2.45, 2.75) is 77.3 Å². The van der Waals surface area contributed by atoms with Crippen LogP contribution in [0.1, 0.15) is 58.6 Å². The predicted molar refractivity (Wildman–Crippen MR) is 126 cm³/mol. The SMILES string of the molecule is C=CCC(O)CCOc1ccc(C(CC(=O)OCC)O[Si](C)(C)C(C)(C)C)cc1OC. The Labute approximate surface area is 188 Å². The van der Waals surface area contributed by atoms with E-state index in [1.807, 2.05) is 18.2 Å². The number of aliphatic hydroxyl groups is 1. The van der Waals surface area contributed by atoms with Gasteiger partial charge >= 0.3 is 5.97 Å². The zero-order chi connectivity index (χ0) is 23.7. The molecule has 0 fully saturated rings. The third-order valence-corrected chi connectivity index (χ3v) is 10.1. The van der Waals surface area contributed by atoms with Crippen LogP contribution in [-0.2, 0) is 14.0 Å². The van der Waals surface area contributed by atoms with Crippen molar-refractivity contribution < 1.29 is 28.5 Å². The average Bonchev–Trinajstić information content (AvgIpc) is 2.67. The van der Waals surface area contributed by atoms with E-state index in [0.29, 0.717) is 37.6 Å². The fourth-order valence-electron chi connectivity index (χ4n) is 2.75. The Morgan fingerprint density at radius 2 is 1.94 bits per heavy atom. The number of hydrogen-bond donors (Lipinski definition) is 1. The Morgan fingerprint density at radius 3 is 2.48 bits per heavy atom. The van der Waals surface area contributed by atoms with Crippen LogP contribution in [0.5, 0.6) is 11.5 Å². The minimum atomic E-state index is -2.14. The Hall–Kier alpha value is -1.83. The second-order valence-corrected chi connectivity index (χ2v) is 13.9. The van der Waals surface area contributed by atoms with Gasteiger partial charge in [0.2, 0.25) is 0 Å². The molecule has 0 saturated carbocycles. The van der Waals surface area contributed by atoms with Gasteiger partial charge in [-0.1, -0.05) is 32.9 Å². The van der Waals surface area contributed by atoms with Crippen LogP contribution in [0.15, 0.2) is 30.9 Å². The maximum atomic E-state index is 12.3. The van der Waals surface area contributed by atoms with Gasteiger partial charge in [0.25, 0.3) is 0 Å². The first kappa shape index (κ1) is 27.2. The maximum Gasteiger partial charge on any atom is 0.308 e. The van der Waals surface area contributed by atoms with Crippen LogP contribution in [0.2, 0.25) is 18.1 Å². The summed E-state index contributed by atoms with van der Waals surface area (Å²) in [6.45, 7) is 16.9. The number of carbonyl (C=O) groups excluding carboxylic acids is 1. The molecule has 1 aromatic carbocycles. The van der Waals surface area contributed by atoms with Crippen molar-refractivity contribution in [2.75, 3.05) is 20.3 Å². The second kappa shape index (κ2) is 12.3. The molecule has 6 nitrogen and oxygen atoms in total. The molecule has 1 rings (SSSR count). The van der Waals surface area contributed by atoms with Crippen LogP contribution >= 0.6 is 0 Å². The van der Waals surface area contributed by atoms with Crippen molar-refractivity contribution in [3.8, 4) is 11.5 Å². The predicted octanol–water partition coefficient (Wildman–Crippen LogP) is 5.42. The Kier molecular flexibility index (Phi) is 10.8. The summed E-state index contributed by atoms with van der Waals surface area (Å²) in [4.78, 5) is 12.3. The smallest absolute Gasteiger partial charge is 0.308 e. The molecule has 0 aromatic heterocycles. The van der Waals surface area contributed by atoms with E-state index >= 15 is 0 Å². The third-order valence-electron chi connectivity index (χ3n) is 5.61. The van der Waals surface area contributed by atoms with Gasteiger partial charge < -0.3 is 23.7 Å². The minimum Gasteiger partial charge on any atom is -0.493 e. The van der Waals surface area contributed by atoms with Gasteiger partial charge in [-0.25, -0.2) is 0 Å². The molecular formula is C24H40O6Si. The van der Waals surface area contributed by atoms with E-state index in [-0.39, 0.29) is 17.4 Å². The van der Waals surface area contributed by atoms with Gasteiger partial charge in [0.1, 0.15) is 0 Å². The Balaban J connectivity index is 3.08. The van der Waals surface area contributed by atoms with Crippen LogP contribution in [-0.4, -0.2) is 45.8 Å². The molecule has 0 radical (unpaired) electrons. The molecule has 7 heteroatoms. The number of ether oxygens (including phenoxy) is 3. The van der Waals surface area contributed by atoms with Gasteiger partial charge in [0.05, 0.1) is 39.0 Å². The van der Waals surface area contributed by atoms with E-state index in [1.54, 1.807) is 20.1 Å². The molecule has 0 heterocycles. The van der Waals surface area contributed by atoms with Crippen molar-refractivity contribution >= 4 is 14.3 Å². The fourth-order valence-corrected chi connectivity index (χ4v) is 4.03. The number of carbonyl (C=O) groups is 1. The molecule has 0 spiro atoms. The van der Waals surface area contributed by atoms with Crippen LogP contribution < -0.4 is 9.47 Å². The summed E-state index contributed by atoms with van der Waals surface area (Å²) < 4.78 is 23.1. The molecule has 2 unspecified atom stereocenters. The Morgan fingerprint density at radius 1 is 1.26 bits per heavy atom. The first-order valence-corrected chi connectivity index (χ1v) is 13.8. The van der Waals surface area contributed by atoms with E-state index in [1.165, 1.54) is 0 Å². The monoisotopic (exact) mass is 452 g/mol. The highest BCUT2D eigenvalue weighted by atomic mass is 28.4. The fraction of sp³-hybridized carbons (Fsp3) is 0.625. The number of methoxy groups -OCH3 is 1. The molecule has 0 aliphatic heterocycles. The summed E-state index contributed by atoms with van der Waals surface area (Å²) in [5, 5.41) is 9.83. The minimum absolute atomic E-state index is 0.000672. The van der Waals surface area contributed by atoms with Crippen LogP contribution in [0.4, 0.5) is 0 Å². The molecule has 0 bridgehead atoms. The quantitative estimate of drug-likeness (QED) is 0.245. The average molecular weight is 453 g/mol. The first-order valence-electron chi connectivity index (χ1n) is 10.9. The van der Waals surface area contributed by atoms with Gasteiger partial charge in [0.15, 0.2) is 19.8 Å². The number of benzene rings is 1. The summed E-state index contributed by atoms with van der Waals surface area (Å²) in [6, 6.07) is 5.57. The van der Waals surface area contributed by atoms with Crippen molar-refractivity contribution in [1.82, 2.24) is 0 Å². The maximum absolute atomic E-state index is 12.3. The molecule has 1 aromatic rings. The molecule has 0 amide bonds. The van der Waals surface area contributed by atoms with Crippen molar-refractivity contribution in [2.24, 2.45) is 0 Å². The number of aliphatic hydroxyl groups excluding tert-OH is 1. The molecule has 31 heavy (non-hydrogen) atoms. The van der Waals surface area contributed by atoms with E-state index in [2.05, 4.69) is 40.4 Å². The van der Waals surface area contributed by atoms with Crippen LogP contribution in [0.3, 0.4) is 0 Å². The van der Waals surface area contributed by atoms with E-state index in [0.717, 1.165) is 5.56 Å². The highest BCUT2D eigenvalue weighted by Gasteiger charge is 2.40. The molecule has 2 atom stereocenters. The van der Waals surface area contributed by atoms with Crippen LogP contribution in [0, 0.1) is 0 Å². The lowest BCUT2D eigenvalue weighted by atomic mass is 10.1. The van der Waals surface area contributed by atoms with Gasteiger partial charge in [-0.2, -0.15) is 0 Å². The zero-order valence-electron chi connectivity index (χ0n) is 20.2. The van der Waals surface area contributed by atoms with Crippen molar-refractivity contribution in [1.29, 1.82) is 0 Å². The van der Waals surface area contributed by atoms with Crippen molar-refractivity contribution in [3.05, 3.63) is 36.4 Å². The normalized spacial score (nSPS) is 13.9. The summed E-state index contributed by atoms with van der Waals surface area (Å²) >= 11 is 0. The number of rotatable bonds is 13. The van der Waals surface area contributed by atoms with E-state index in [4.69, 9.17) is 18.6 Å². The summed E-state index contributed by atoms with van der Waals surface area (Å²) in [5.41, 5.74) is 0.841. The molecule has 0 aliphatic carbocycles. The highest BCUT2D eigenvalue weighted by Crippen LogP contribution is 2.41. The number of esters is 1. The van der Waals surface area contributed by atoms with Gasteiger partial charge in [0, 0.05) is 6.42 Å². The third kappa shape index (κ3) is 8.67. The van der Waals surface area contributed by atoms with Gasteiger partial charge in [-0.05, 0) is 49.2 Å². The largest absolute Gasteiger partial charge is 0.493 e. The lowest BCUT2D eigenvalue weighted by Crippen LogP contribution is -2.42. The highest BCUT2D eigenvalue weighted by molar-refractivity contribution is 6.74. The number of hydrogen-bond acceptors (Lipinski definition) is 6. The van der Waals surface area contributed by atoms with Gasteiger partial charge in [-0.3, -0.25) is 4.79 Å². The van der Waals surface area contributed by atoms with Gasteiger partial charge in [-0.15, -0.1) is 6.58 Å². The zero-order valence-corrected chi connectivity index (χ0v) is 21.2. The molecule has 176 valence electrons. The van der Waals surface area contributed by atoms with E-state index < -0.39 is 20.5 Å². The summed E-state index contributed by atoms with van der Waals surface area (Å²) in [6.07, 6.45) is 1.94. The first-order chi connectivity index (χ1) is 14.4. The Bertz CT molecular complexity index is 711. The lowest BCUT2D eigenvalue weighted by Gasteiger charge is -2.39. The molecular weight excluding hydrogens is 412 g/mol. The molecule has 1 N–H and O–H groups in total. The van der Waals surface area contributed by atoms with Crippen LogP contribution in [0.25, 0.3) is 0 Å². The summed E-state index contributed by atoms with van der Waals surface area (Å²) in [5.74, 6) is 0.851. The molecule has 0 aliphatic rings. The molecule has 0 saturated heterocycles. The lowest BCUT2D eigenvalue weighted by molar-refractivity contribution is -0.145. The van der Waals surface area contributed by atoms with E-state index in [9.17, 15) is 9.90 Å². The second-order valence-electron chi connectivity index (χ2n) is 9.10. The van der Waals surface area contributed by atoms with Crippen molar-refractivity contribution in [3.63, 3.8) is 0 Å². The topological polar surface area (TPSA) is 74.2 Å². The standard InChI is InChI=1S/C24H40O6Si/c1-9-11-19(25)14-15-29-20-13-12-18(16-22(20)27-6)21(17-23(26)28-10-2)30-31(7,8)24(3,4)5/h9,12-13,16,19,21,25H,1,10-11,14-15,17H2,2-8H3. The summed E-state index contributed by atoms with van der Waals surface area (Å²) in [7, 11) is -0.562.